The molecule has 0 unspecified atom stereocenters. The maximum atomic E-state index is 12.0. The van der Waals surface area contributed by atoms with Gasteiger partial charge in [0.25, 0.3) is 0 Å². The van der Waals surface area contributed by atoms with Gasteiger partial charge in [-0.05, 0) is 36.9 Å². The van der Waals surface area contributed by atoms with Gasteiger partial charge in [-0.1, -0.05) is 23.8 Å². The Labute approximate surface area is 140 Å². The zero-order valence-electron chi connectivity index (χ0n) is 12.9. The highest BCUT2D eigenvalue weighted by molar-refractivity contribution is 7.89. The van der Waals surface area contributed by atoms with Crippen molar-refractivity contribution in [1.82, 2.24) is 10.0 Å². The molecule has 23 heavy (non-hydrogen) atoms. The number of carbonyl (C=O) groups is 1. The van der Waals surface area contributed by atoms with Gasteiger partial charge >= 0.3 is 0 Å². The molecule has 0 aliphatic rings. The third-order valence-electron chi connectivity index (χ3n) is 3.25. The first kappa shape index (κ1) is 17.7. The van der Waals surface area contributed by atoms with Gasteiger partial charge in [0.15, 0.2) is 0 Å². The average Bonchev–Trinajstić information content (AvgIpc) is 3.03. The number of hydrogen-bond acceptors (Lipinski definition) is 4. The van der Waals surface area contributed by atoms with E-state index in [1.807, 2.05) is 24.4 Å². The van der Waals surface area contributed by atoms with Crippen LogP contribution in [0.15, 0.2) is 46.7 Å². The van der Waals surface area contributed by atoms with Crippen LogP contribution in [0.4, 0.5) is 0 Å². The van der Waals surface area contributed by atoms with Crippen molar-refractivity contribution in [2.24, 2.45) is 0 Å². The Kier molecular flexibility index (Phi) is 6.32. The SMILES string of the molecule is Cc1ccc(S(=O)(=O)NCCNC(=O)CCc2cccs2)cc1. The molecule has 5 nitrogen and oxygen atoms in total. The van der Waals surface area contributed by atoms with Gasteiger partial charge in [0, 0.05) is 24.4 Å². The predicted molar refractivity (Wildman–Crippen MR) is 92.0 cm³/mol. The molecule has 2 rings (SSSR count). The van der Waals surface area contributed by atoms with Gasteiger partial charge in [-0.25, -0.2) is 13.1 Å². The molecule has 0 aliphatic heterocycles. The van der Waals surface area contributed by atoms with Gasteiger partial charge in [-0.3, -0.25) is 4.79 Å². The molecule has 2 N–H and O–H groups in total. The topological polar surface area (TPSA) is 75.3 Å². The largest absolute Gasteiger partial charge is 0.355 e. The van der Waals surface area contributed by atoms with Crippen molar-refractivity contribution in [3.8, 4) is 0 Å². The van der Waals surface area contributed by atoms with E-state index in [0.717, 1.165) is 5.56 Å². The number of carbonyl (C=O) groups excluding carboxylic acids is 1. The molecule has 0 fully saturated rings. The Morgan fingerprint density at radius 1 is 1.13 bits per heavy atom. The first-order chi connectivity index (χ1) is 11.0. The molecule has 1 aromatic heterocycles. The maximum Gasteiger partial charge on any atom is 0.240 e. The van der Waals surface area contributed by atoms with Crippen LogP contribution in [0.1, 0.15) is 16.9 Å². The highest BCUT2D eigenvalue weighted by Crippen LogP contribution is 2.11. The van der Waals surface area contributed by atoms with Crippen LogP contribution in [-0.4, -0.2) is 27.4 Å². The average molecular weight is 352 g/mol. The standard InChI is InChI=1S/C16H20N2O3S2/c1-13-4-7-15(8-5-13)23(20,21)18-11-10-17-16(19)9-6-14-3-2-12-22-14/h2-5,7-8,12,18H,6,9-11H2,1H3,(H,17,19). The molecular formula is C16H20N2O3S2. The monoisotopic (exact) mass is 352 g/mol. The Balaban J connectivity index is 1.70. The fourth-order valence-corrected chi connectivity index (χ4v) is 3.71. The smallest absolute Gasteiger partial charge is 0.240 e. The molecule has 0 atom stereocenters. The molecule has 0 aliphatic carbocycles. The Hall–Kier alpha value is -1.70. The van der Waals surface area contributed by atoms with Crippen LogP contribution in [0.5, 0.6) is 0 Å². The molecule has 2 aromatic rings. The normalized spacial score (nSPS) is 11.3. The maximum absolute atomic E-state index is 12.0. The van der Waals surface area contributed by atoms with E-state index >= 15 is 0 Å². The number of amides is 1. The first-order valence-corrected chi connectivity index (χ1v) is 9.69. The molecule has 0 bridgehead atoms. The Morgan fingerprint density at radius 2 is 1.87 bits per heavy atom. The minimum atomic E-state index is -3.52. The fourth-order valence-electron chi connectivity index (χ4n) is 1.97. The fraction of sp³-hybridized carbons (Fsp3) is 0.312. The van der Waals surface area contributed by atoms with E-state index in [2.05, 4.69) is 10.0 Å². The van der Waals surface area contributed by atoms with Crippen LogP contribution in [0.3, 0.4) is 0 Å². The lowest BCUT2D eigenvalue weighted by Crippen LogP contribution is -2.34. The molecule has 1 heterocycles. The zero-order chi connectivity index (χ0) is 16.7. The van der Waals surface area contributed by atoms with Gasteiger partial charge in [0.1, 0.15) is 0 Å². The van der Waals surface area contributed by atoms with Crippen LogP contribution in [0.25, 0.3) is 0 Å². The lowest BCUT2D eigenvalue weighted by atomic mass is 10.2. The van der Waals surface area contributed by atoms with E-state index in [4.69, 9.17) is 0 Å². The van der Waals surface area contributed by atoms with Crippen LogP contribution in [-0.2, 0) is 21.2 Å². The minimum absolute atomic E-state index is 0.0760. The minimum Gasteiger partial charge on any atom is -0.355 e. The number of benzene rings is 1. The lowest BCUT2D eigenvalue weighted by molar-refractivity contribution is -0.121. The summed E-state index contributed by atoms with van der Waals surface area (Å²) in [6.45, 7) is 2.34. The summed E-state index contributed by atoms with van der Waals surface area (Å²) in [6, 6.07) is 10.6. The molecule has 1 aromatic carbocycles. The summed E-state index contributed by atoms with van der Waals surface area (Å²) in [5.41, 5.74) is 1.00. The number of thiophene rings is 1. The third-order valence-corrected chi connectivity index (χ3v) is 5.66. The van der Waals surface area contributed by atoms with E-state index in [1.165, 1.54) is 4.88 Å². The van der Waals surface area contributed by atoms with Crippen LogP contribution < -0.4 is 10.0 Å². The summed E-state index contributed by atoms with van der Waals surface area (Å²) in [6.07, 6.45) is 1.11. The quantitative estimate of drug-likeness (QED) is 0.714. The van der Waals surface area contributed by atoms with Crippen molar-refractivity contribution in [3.63, 3.8) is 0 Å². The van der Waals surface area contributed by atoms with E-state index in [-0.39, 0.29) is 23.9 Å². The third kappa shape index (κ3) is 5.78. The van der Waals surface area contributed by atoms with E-state index < -0.39 is 10.0 Å². The molecule has 0 spiro atoms. The molecule has 7 heteroatoms. The molecule has 0 radical (unpaired) electrons. The summed E-state index contributed by atoms with van der Waals surface area (Å²) < 4.78 is 26.6. The molecular weight excluding hydrogens is 332 g/mol. The zero-order valence-corrected chi connectivity index (χ0v) is 14.5. The molecule has 124 valence electrons. The van der Waals surface area contributed by atoms with Crippen LogP contribution >= 0.6 is 11.3 Å². The molecule has 0 saturated carbocycles. The molecule has 0 saturated heterocycles. The van der Waals surface area contributed by atoms with Crippen LogP contribution in [0, 0.1) is 6.92 Å². The van der Waals surface area contributed by atoms with Crippen molar-refractivity contribution in [1.29, 1.82) is 0 Å². The Bertz CT molecular complexity index is 723. The van der Waals surface area contributed by atoms with Gasteiger partial charge in [0.2, 0.25) is 15.9 Å². The number of rotatable bonds is 8. The summed E-state index contributed by atoms with van der Waals surface area (Å²) >= 11 is 1.62. The van der Waals surface area contributed by atoms with Crippen LogP contribution in [0.2, 0.25) is 0 Å². The summed E-state index contributed by atoms with van der Waals surface area (Å²) in [5.74, 6) is -0.0760. The van der Waals surface area contributed by atoms with E-state index in [0.29, 0.717) is 12.8 Å². The second-order valence-electron chi connectivity index (χ2n) is 5.14. The van der Waals surface area contributed by atoms with Crippen molar-refractivity contribution < 1.29 is 13.2 Å². The van der Waals surface area contributed by atoms with Gasteiger partial charge in [0.05, 0.1) is 4.90 Å². The second kappa shape index (κ2) is 8.24. The Morgan fingerprint density at radius 3 is 2.52 bits per heavy atom. The number of nitrogens with one attached hydrogen (secondary N) is 2. The van der Waals surface area contributed by atoms with Gasteiger partial charge < -0.3 is 5.32 Å². The van der Waals surface area contributed by atoms with Crippen molar-refractivity contribution in [2.45, 2.75) is 24.7 Å². The van der Waals surface area contributed by atoms with Gasteiger partial charge in [-0.2, -0.15) is 0 Å². The lowest BCUT2D eigenvalue weighted by Gasteiger charge is -2.08. The summed E-state index contributed by atoms with van der Waals surface area (Å²) in [7, 11) is -3.52. The molecule has 1 amide bonds. The van der Waals surface area contributed by atoms with E-state index in [1.54, 1.807) is 35.6 Å². The summed E-state index contributed by atoms with van der Waals surface area (Å²) in [4.78, 5) is 13.1. The predicted octanol–water partition coefficient (Wildman–Crippen LogP) is 2.08. The first-order valence-electron chi connectivity index (χ1n) is 7.33. The second-order valence-corrected chi connectivity index (χ2v) is 7.94. The highest BCUT2D eigenvalue weighted by Gasteiger charge is 2.12. The van der Waals surface area contributed by atoms with Crippen molar-refractivity contribution in [2.75, 3.05) is 13.1 Å². The number of hydrogen-bond donors (Lipinski definition) is 2. The van der Waals surface area contributed by atoms with Crippen molar-refractivity contribution in [3.05, 3.63) is 52.2 Å². The summed E-state index contributed by atoms with van der Waals surface area (Å²) in [5, 5.41) is 4.70. The van der Waals surface area contributed by atoms with E-state index in [9.17, 15) is 13.2 Å². The van der Waals surface area contributed by atoms with Gasteiger partial charge in [-0.15, -0.1) is 11.3 Å². The number of sulfonamides is 1. The highest BCUT2D eigenvalue weighted by atomic mass is 32.2. The van der Waals surface area contributed by atoms with Crippen molar-refractivity contribution >= 4 is 27.3 Å². The number of aryl methyl sites for hydroxylation is 2.